The SMILES string of the molecule is COc1cc(CN2CCN(C(=O)CC3(CN)CCCCC3)CC2)cc(OC)c1. The number of piperazine rings is 1. The number of ether oxygens (including phenoxy) is 2. The second-order valence-electron chi connectivity index (χ2n) is 8.32. The van der Waals surface area contributed by atoms with E-state index >= 15 is 0 Å². The molecule has 1 aromatic carbocycles. The predicted octanol–water partition coefficient (Wildman–Crippen LogP) is 2.65. The summed E-state index contributed by atoms with van der Waals surface area (Å²) in [5.74, 6) is 1.90. The molecule has 1 saturated heterocycles. The molecule has 0 aromatic heterocycles. The third-order valence-corrected chi connectivity index (χ3v) is 6.42. The number of carbonyl (C=O) groups excluding carboxylic acids is 1. The van der Waals surface area contributed by atoms with Crippen molar-refractivity contribution < 1.29 is 14.3 Å². The summed E-state index contributed by atoms with van der Waals surface area (Å²) in [6.07, 6.45) is 6.53. The Balaban J connectivity index is 1.52. The Morgan fingerprint density at radius 3 is 2.14 bits per heavy atom. The average molecular weight is 390 g/mol. The Hall–Kier alpha value is -1.79. The lowest BCUT2D eigenvalue weighted by atomic mass is 9.71. The summed E-state index contributed by atoms with van der Waals surface area (Å²) < 4.78 is 10.7. The standard InChI is InChI=1S/C22H35N3O3/c1-27-19-12-18(13-20(14-19)28-2)16-24-8-10-25(11-9-24)21(26)15-22(17-23)6-4-3-5-7-22/h12-14H,3-11,15-17,23H2,1-2H3. The van der Waals surface area contributed by atoms with Crippen molar-refractivity contribution in [2.24, 2.45) is 11.1 Å². The summed E-state index contributed by atoms with van der Waals surface area (Å²) in [6, 6.07) is 5.99. The number of nitrogens with two attached hydrogens (primary N) is 1. The number of benzene rings is 1. The molecule has 1 aromatic rings. The monoisotopic (exact) mass is 389 g/mol. The van der Waals surface area contributed by atoms with Crippen molar-refractivity contribution in [1.82, 2.24) is 9.80 Å². The minimum Gasteiger partial charge on any atom is -0.497 e. The molecule has 1 saturated carbocycles. The van der Waals surface area contributed by atoms with Gasteiger partial charge in [0.05, 0.1) is 14.2 Å². The fourth-order valence-electron chi connectivity index (χ4n) is 4.56. The van der Waals surface area contributed by atoms with Gasteiger partial charge in [0.15, 0.2) is 0 Å². The molecular weight excluding hydrogens is 354 g/mol. The van der Waals surface area contributed by atoms with Gasteiger partial charge in [-0.05, 0) is 42.5 Å². The molecule has 28 heavy (non-hydrogen) atoms. The number of hydrogen-bond donors (Lipinski definition) is 1. The van der Waals surface area contributed by atoms with Gasteiger partial charge in [0.25, 0.3) is 0 Å². The fourth-order valence-corrected chi connectivity index (χ4v) is 4.56. The minimum absolute atomic E-state index is 0.0453. The van der Waals surface area contributed by atoms with Crippen LogP contribution in [-0.2, 0) is 11.3 Å². The van der Waals surface area contributed by atoms with E-state index in [0.717, 1.165) is 57.1 Å². The zero-order chi connectivity index (χ0) is 20.0. The molecule has 0 unspecified atom stereocenters. The summed E-state index contributed by atoms with van der Waals surface area (Å²) >= 11 is 0. The Labute approximate surface area is 169 Å². The van der Waals surface area contributed by atoms with Crippen LogP contribution in [0.25, 0.3) is 0 Å². The number of rotatable bonds is 7. The molecule has 2 fully saturated rings. The van der Waals surface area contributed by atoms with Crippen LogP contribution in [0.3, 0.4) is 0 Å². The number of hydrogen-bond acceptors (Lipinski definition) is 5. The lowest BCUT2D eigenvalue weighted by Gasteiger charge is -2.39. The van der Waals surface area contributed by atoms with Gasteiger partial charge in [0, 0.05) is 45.2 Å². The van der Waals surface area contributed by atoms with Crippen LogP contribution in [0.5, 0.6) is 11.5 Å². The first-order chi connectivity index (χ1) is 13.6. The van der Waals surface area contributed by atoms with Crippen LogP contribution >= 0.6 is 0 Å². The quantitative estimate of drug-likeness (QED) is 0.776. The molecule has 0 radical (unpaired) electrons. The van der Waals surface area contributed by atoms with Gasteiger partial charge < -0.3 is 20.1 Å². The van der Waals surface area contributed by atoms with Crippen molar-refractivity contribution in [3.8, 4) is 11.5 Å². The van der Waals surface area contributed by atoms with Gasteiger partial charge in [-0.15, -0.1) is 0 Å². The van der Waals surface area contributed by atoms with Gasteiger partial charge in [0.1, 0.15) is 11.5 Å². The zero-order valence-electron chi connectivity index (χ0n) is 17.4. The van der Waals surface area contributed by atoms with Crippen LogP contribution in [0, 0.1) is 5.41 Å². The van der Waals surface area contributed by atoms with Gasteiger partial charge in [-0.2, -0.15) is 0 Å². The lowest BCUT2D eigenvalue weighted by Crippen LogP contribution is -2.50. The highest BCUT2D eigenvalue weighted by Crippen LogP contribution is 2.38. The summed E-state index contributed by atoms with van der Waals surface area (Å²) in [4.78, 5) is 17.3. The minimum atomic E-state index is 0.0453. The molecule has 2 aliphatic rings. The van der Waals surface area contributed by atoms with E-state index in [4.69, 9.17) is 15.2 Å². The normalized spacial score (nSPS) is 20.0. The molecule has 0 spiro atoms. The molecule has 0 atom stereocenters. The summed E-state index contributed by atoms with van der Waals surface area (Å²) in [5.41, 5.74) is 7.28. The summed E-state index contributed by atoms with van der Waals surface area (Å²) in [7, 11) is 3.34. The first-order valence-corrected chi connectivity index (χ1v) is 10.5. The highest BCUT2D eigenvalue weighted by atomic mass is 16.5. The van der Waals surface area contributed by atoms with Crippen molar-refractivity contribution in [3.63, 3.8) is 0 Å². The first kappa shape index (κ1) is 20.9. The van der Waals surface area contributed by atoms with Crippen LogP contribution in [0.2, 0.25) is 0 Å². The molecule has 1 amide bonds. The summed E-state index contributed by atoms with van der Waals surface area (Å²) in [5, 5.41) is 0. The van der Waals surface area contributed by atoms with Crippen LogP contribution in [0.15, 0.2) is 18.2 Å². The number of nitrogens with zero attached hydrogens (tertiary/aromatic N) is 2. The van der Waals surface area contributed by atoms with Crippen LogP contribution in [0.1, 0.15) is 44.1 Å². The van der Waals surface area contributed by atoms with E-state index < -0.39 is 0 Å². The molecule has 1 heterocycles. The van der Waals surface area contributed by atoms with E-state index in [9.17, 15) is 4.79 Å². The van der Waals surface area contributed by atoms with Gasteiger partial charge >= 0.3 is 0 Å². The fraction of sp³-hybridized carbons (Fsp3) is 0.682. The second-order valence-corrected chi connectivity index (χ2v) is 8.32. The van der Waals surface area contributed by atoms with Crippen molar-refractivity contribution in [2.45, 2.75) is 45.1 Å². The molecule has 2 N–H and O–H groups in total. The highest BCUT2D eigenvalue weighted by molar-refractivity contribution is 5.77. The smallest absolute Gasteiger partial charge is 0.223 e. The van der Waals surface area contributed by atoms with E-state index in [1.165, 1.54) is 24.8 Å². The lowest BCUT2D eigenvalue weighted by molar-refractivity contribution is -0.136. The van der Waals surface area contributed by atoms with E-state index in [1.807, 2.05) is 23.1 Å². The van der Waals surface area contributed by atoms with Crippen LogP contribution in [0.4, 0.5) is 0 Å². The maximum atomic E-state index is 12.9. The van der Waals surface area contributed by atoms with Crippen molar-refractivity contribution in [1.29, 1.82) is 0 Å². The van der Waals surface area contributed by atoms with Crippen molar-refractivity contribution in [3.05, 3.63) is 23.8 Å². The molecule has 3 rings (SSSR count). The predicted molar refractivity (Wildman–Crippen MR) is 111 cm³/mol. The topological polar surface area (TPSA) is 68.0 Å². The first-order valence-electron chi connectivity index (χ1n) is 10.5. The third kappa shape index (κ3) is 5.17. The van der Waals surface area contributed by atoms with Gasteiger partial charge in [-0.25, -0.2) is 0 Å². The Morgan fingerprint density at radius 1 is 1.00 bits per heavy atom. The second kappa shape index (κ2) is 9.61. The maximum Gasteiger partial charge on any atom is 0.223 e. The molecule has 1 aliphatic heterocycles. The molecule has 156 valence electrons. The molecule has 6 heteroatoms. The largest absolute Gasteiger partial charge is 0.497 e. The van der Waals surface area contributed by atoms with Gasteiger partial charge in [-0.3, -0.25) is 9.69 Å². The average Bonchev–Trinajstić information content (AvgIpc) is 2.74. The van der Waals surface area contributed by atoms with Crippen molar-refractivity contribution in [2.75, 3.05) is 46.9 Å². The molecular formula is C22H35N3O3. The van der Waals surface area contributed by atoms with E-state index in [0.29, 0.717) is 13.0 Å². The Kier molecular flexibility index (Phi) is 7.18. The third-order valence-electron chi connectivity index (χ3n) is 6.42. The Morgan fingerprint density at radius 2 is 1.61 bits per heavy atom. The molecule has 0 bridgehead atoms. The number of carbonyl (C=O) groups is 1. The Bertz CT molecular complexity index is 628. The van der Waals surface area contributed by atoms with E-state index in [-0.39, 0.29) is 11.3 Å². The van der Waals surface area contributed by atoms with Crippen LogP contribution in [-0.4, -0.2) is 62.7 Å². The highest BCUT2D eigenvalue weighted by Gasteiger charge is 2.35. The number of methoxy groups -OCH3 is 2. The maximum absolute atomic E-state index is 12.9. The van der Waals surface area contributed by atoms with E-state index in [1.54, 1.807) is 14.2 Å². The van der Waals surface area contributed by atoms with E-state index in [2.05, 4.69) is 4.90 Å². The molecule has 6 nitrogen and oxygen atoms in total. The number of amides is 1. The van der Waals surface area contributed by atoms with Gasteiger partial charge in [0.2, 0.25) is 5.91 Å². The van der Waals surface area contributed by atoms with Gasteiger partial charge in [-0.1, -0.05) is 19.3 Å². The van der Waals surface area contributed by atoms with Crippen LogP contribution < -0.4 is 15.2 Å². The molecule has 1 aliphatic carbocycles. The van der Waals surface area contributed by atoms with Crippen molar-refractivity contribution >= 4 is 5.91 Å². The zero-order valence-corrected chi connectivity index (χ0v) is 17.4. The summed E-state index contributed by atoms with van der Waals surface area (Å²) in [6.45, 7) is 4.83.